The van der Waals surface area contributed by atoms with Crippen molar-refractivity contribution >= 4 is 11.8 Å². The van der Waals surface area contributed by atoms with Crippen LogP contribution in [-0.2, 0) is 36.0 Å². The van der Waals surface area contributed by atoms with Gasteiger partial charge >= 0.3 is 5.97 Å². The average molecular weight is 252 g/mol. The molecule has 0 aliphatic heterocycles. The van der Waals surface area contributed by atoms with Crippen molar-refractivity contribution in [2.45, 2.75) is 34.1 Å². The van der Waals surface area contributed by atoms with Crippen molar-refractivity contribution in [3.8, 4) is 0 Å². The van der Waals surface area contributed by atoms with Crippen LogP contribution in [-0.4, -0.2) is 30.1 Å². The van der Waals surface area contributed by atoms with Crippen LogP contribution in [0.2, 0.25) is 0 Å². The molecule has 0 fully saturated rings. The zero-order valence-electron chi connectivity index (χ0n) is 9.87. The number of esters is 1. The molecular formula is C10H20O4Ti. The molecule has 0 aliphatic rings. The van der Waals surface area contributed by atoms with Gasteiger partial charge < -0.3 is 9.84 Å². The van der Waals surface area contributed by atoms with Crippen molar-refractivity contribution in [1.29, 1.82) is 0 Å². The number of aliphatic hydroxyl groups is 1. The molecule has 4 nitrogen and oxygen atoms in total. The number of ether oxygens (including phenoxy) is 1. The molecule has 1 N–H and O–H groups in total. The maximum absolute atomic E-state index is 10.4. The fraction of sp³-hybridized carbons (Fsp3) is 0.800. The topological polar surface area (TPSA) is 63.6 Å². The Balaban J connectivity index is -0.000000208. The van der Waals surface area contributed by atoms with Gasteiger partial charge in [-0.15, -0.1) is 0 Å². The fourth-order valence-corrected chi connectivity index (χ4v) is 0.415. The largest absolute Gasteiger partial charge is 0.466 e. The molecule has 0 rings (SSSR count). The van der Waals surface area contributed by atoms with Gasteiger partial charge in [-0.3, -0.25) is 9.59 Å². The Kier molecular flexibility index (Phi) is 18.7. The second kappa shape index (κ2) is 13.8. The number of carbonyl (C=O) groups is 2. The average Bonchev–Trinajstić information content (AvgIpc) is 2.04. The number of Topliss-reactive ketones (excluding diaryl/α,β-unsaturated/α-hetero) is 1. The van der Waals surface area contributed by atoms with E-state index in [1.54, 1.807) is 6.92 Å². The molecule has 0 aromatic heterocycles. The van der Waals surface area contributed by atoms with Gasteiger partial charge in [0.15, 0.2) is 0 Å². The minimum atomic E-state index is -0.440. The molecular weight excluding hydrogens is 232 g/mol. The standard InChI is InChI=1S/C6H10O3.C4H10O.Ti/c1-3-9-6(8)4-5(2)7;1-4(2)3-5;/h3-4H2,1-2H3;4-5H,3H2,1-2H3;. The Morgan fingerprint density at radius 1 is 1.33 bits per heavy atom. The summed E-state index contributed by atoms with van der Waals surface area (Å²) in [6.07, 6.45) is -0.103. The number of ketones is 1. The van der Waals surface area contributed by atoms with E-state index >= 15 is 0 Å². The van der Waals surface area contributed by atoms with E-state index in [0.29, 0.717) is 19.1 Å². The van der Waals surface area contributed by atoms with E-state index in [1.165, 1.54) is 6.92 Å². The third-order valence-electron chi connectivity index (χ3n) is 1.06. The number of hydrogen-bond donors (Lipinski definition) is 1. The van der Waals surface area contributed by atoms with Crippen LogP contribution in [0.3, 0.4) is 0 Å². The molecule has 0 aliphatic carbocycles. The predicted octanol–water partition coefficient (Wildman–Crippen LogP) is 1.16. The van der Waals surface area contributed by atoms with Crippen molar-refractivity contribution in [3.63, 3.8) is 0 Å². The van der Waals surface area contributed by atoms with E-state index in [0.717, 1.165) is 0 Å². The van der Waals surface area contributed by atoms with Crippen LogP contribution in [0.15, 0.2) is 0 Å². The van der Waals surface area contributed by atoms with Crippen LogP contribution in [0.25, 0.3) is 0 Å². The Labute approximate surface area is 106 Å². The van der Waals surface area contributed by atoms with Gasteiger partial charge in [-0.05, 0) is 19.8 Å². The zero-order chi connectivity index (χ0) is 11.6. The minimum absolute atomic E-state index is 0. The molecule has 5 heteroatoms. The summed E-state index contributed by atoms with van der Waals surface area (Å²) >= 11 is 0. The molecule has 0 saturated carbocycles. The third-order valence-corrected chi connectivity index (χ3v) is 1.06. The van der Waals surface area contributed by atoms with Crippen LogP contribution in [0.5, 0.6) is 0 Å². The number of rotatable bonds is 4. The SMILES string of the molecule is CC(C)CO.CCOC(=O)CC(C)=O.[Ti]. The van der Waals surface area contributed by atoms with E-state index in [4.69, 9.17) is 5.11 Å². The van der Waals surface area contributed by atoms with Crippen LogP contribution in [0, 0.1) is 5.92 Å². The van der Waals surface area contributed by atoms with Crippen LogP contribution >= 0.6 is 0 Å². The second-order valence-corrected chi connectivity index (χ2v) is 3.26. The van der Waals surface area contributed by atoms with E-state index in [1.807, 2.05) is 13.8 Å². The van der Waals surface area contributed by atoms with Gasteiger partial charge in [0, 0.05) is 28.3 Å². The molecule has 0 aromatic carbocycles. The van der Waals surface area contributed by atoms with Gasteiger partial charge in [0.25, 0.3) is 0 Å². The first-order valence-corrected chi connectivity index (χ1v) is 4.69. The van der Waals surface area contributed by atoms with Crippen molar-refractivity contribution in [2.75, 3.05) is 13.2 Å². The molecule has 0 heterocycles. The Morgan fingerprint density at radius 2 is 1.73 bits per heavy atom. The van der Waals surface area contributed by atoms with Crippen molar-refractivity contribution in [1.82, 2.24) is 0 Å². The molecule has 0 unspecified atom stereocenters. The molecule has 0 atom stereocenters. The molecule has 15 heavy (non-hydrogen) atoms. The third kappa shape index (κ3) is 24.8. The first kappa shape index (κ1) is 20.3. The summed E-state index contributed by atoms with van der Waals surface area (Å²) in [6, 6.07) is 0. The van der Waals surface area contributed by atoms with Crippen LogP contribution < -0.4 is 0 Å². The maximum Gasteiger partial charge on any atom is 0.313 e. The Bertz CT molecular complexity index is 169. The van der Waals surface area contributed by atoms with Gasteiger partial charge in [0.2, 0.25) is 0 Å². The quantitative estimate of drug-likeness (QED) is 0.463. The van der Waals surface area contributed by atoms with Gasteiger partial charge in [0.1, 0.15) is 12.2 Å². The maximum atomic E-state index is 10.4. The normalized spacial score (nSPS) is 8.40. The number of carbonyl (C=O) groups excluding carboxylic acids is 2. The van der Waals surface area contributed by atoms with Gasteiger partial charge in [-0.1, -0.05) is 13.8 Å². The fourth-order valence-electron chi connectivity index (χ4n) is 0.415. The summed E-state index contributed by atoms with van der Waals surface area (Å²) in [7, 11) is 0. The Morgan fingerprint density at radius 3 is 1.93 bits per heavy atom. The summed E-state index contributed by atoms with van der Waals surface area (Å²) in [4.78, 5) is 20.6. The Hall–Kier alpha value is -0.186. The van der Waals surface area contributed by atoms with Gasteiger partial charge in [-0.2, -0.15) is 0 Å². The number of hydrogen-bond acceptors (Lipinski definition) is 4. The monoisotopic (exact) mass is 252 g/mol. The van der Waals surface area contributed by atoms with Crippen molar-refractivity contribution in [2.24, 2.45) is 5.92 Å². The smallest absolute Gasteiger partial charge is 0.313 e. The number of aliphatic hydroxyl groups excluding tert-OH is 1. The van der Waals surface area contributed by atoms with Crippen molar-refractivity contribution < 1.29 is 41.2 Å². The summed E-state index contributed by atoms with van der Waals surface area (Å²) in [5, 5.41) is 8.14. The summed E-state index contributed by atoms with van der Waals surface area (Å²) < 4.78 is 4.49. The molecule has 0 spiro atoms. The van der Waals surface area contributed by atoms with E-state index in [2.05, 4.69) is 4.74 Å². The minimum Gasteiger partial charge on any atom is -0.466 e. The van der Waals surface area contributed by atoms with Gasteiger partial charge in [-0.25, -0.2) is 0 Å². The summed E-state index contributed by atoms with van der Waals surface area (Å²) in [5.74, 6) is -0.159. The molecule has 0 saturated heterocycles. The molecule has 0 bridgehead atoms. The summed E-state index contributed by atoms with van der Waals surface area (Å²) in [6.45, 7) is 7.65. The van der Waals surface area contributed by atoms with Crippen molar-refractivity contribution in [3.05, 3.63) is 0 Å². The first-order chi connectivity index (χ1) is 6.43. The van der Waals surface area contributed by atoms with Gasteiger partial charge in [0.05, 0.1) is 6.61 Å². The predicted molar refractivity (Wildman–Crippen MR) is 53.9 cm³/mol. The molecule has 0 amide bonds. The summed E-state index contributed by atoms with van der Waals surface area (Å²) in [5.41, 5.74) is 0. The van der Waals surface area contributed by atoms with Crippen LogP contribution in [0.4, 0.5) is 0 Å². The van der Waals surface area contributed by atoms with E-state index < -0.39 is 5.97 Å². The second-order valence-electron chi connectivity index (χ2n) is 3.26. The molecule has 0 aromatic rings. The molecule has 88 valence electrons. The first-order valence-electron chi connectivity index (χ1n) is 4.69. The van der Waals surface area contributed by atoms with Crippen LogP contribution in [0.1, 0.15) is 34.1 Å². The zero-order valence-corrected chi connectivity index (χ0v) is 11.4. The van der Waals surface area contributed by atoms with E-state index in [-0.39, 0.29) is 33.9 Å². The molecule has 0 radical (unpaired) electrons. The van der Waals surface area contributed by atoms with E-state index in [9.17, 15) is 9.59 Å².